The molecule has 0 bridgehead atoms. The number of carbonyl (C=O) groups excluding carboxylic acids is 3. The van der Waals surface area contributed by atoms with Gasteiger partial charge in [-0.15, -0.1) is 0 Å². The molecule has 2 aromatic carbocycles. The fourth-order valence-electron chi connectivity index (χ4n) is 3.94. The van der Waals surface area contributed by atoms with Crippen LogP contribution in [0.3, 0.4) is 0 Å². The van der Waals surface area contributed by atoms with Crippen molar-refractivity contribution in [2.24, 2.45) is 11.7 Å². The van der Waals surface area contributed by atoms with Crippen LogP contribution in [0.2, 0.25) is 0 Å². The Morgan fingerprint density at radius 3 is 2.54 bits per heavy atom. The van der Waals surface area contributed by atoms with Gasteiger partial charge >= 0.3 is 5.97 Å². The Kier molecular flexibility index (Phi) is 10.2. The molecule has 1 heterocycles. The van der Waals surface area contributed by atoms with E-state index >= 15 is 0 Å². The number of hydroxylamine groups is 1. The number of aliphatic hydroxyl groups excluding tert-OH is 1. The second kappa shape index (κ2) is 13.5. The van der Waals surface area contributed by atoms with Crippen LogP contribution < -0.4 is 16.5 Å². The average Bonchev–Trinajstić information content (AvgIpc) is 3.39. The van der Waals surface area contributed by atoms with E-state index in [2.05, 4.69) is 20.8 Å². The molecule has 10 nitrogen and oxygen atoms in total. The Morgan fingerprint density at radius 1 is 1.05 bits per heavy atom. The number of hydrogen-bond donors (Lipinski definition) is 5. The number of rotatable bonds is 12. The maximum absolute atomic E-state index is 13.0. The van der Waals surface area contributed by atoms with E-state index in [9.17, 15) is 19.5 Å². The van der Waals surface area contributed by atoms with Gasteiger partial charge in [0.2, 0.25) is 5.91 Å². The number of hydrogen-bond acceptors (Lipinski definition) is 7. The molecule has 0 saturated carbocycles. The number of H-pyrrole nitrogens is 1. The summed E-state index contributed by atoms with van der Waals surface area (Å²) in [7, 11) is 0. The van der Waals surface area contributed by atoms with Gasteiger partial charge in [-0.2, -0.15) is 5.48 Å². The average molecular weight is 510 g/mol. The van der Waals surface area contributed by atoms with Gasteiger partial charge in [-0.25, -0.2) is 9.78 Å². The molecular weight excluding hydrogens is 474 g/mol. The van der Waals surface area contributed by atoms with Crippen LogP contribution in [-0.4, -0.2) is 51.0 Å². The number of nitrogens with two attached hydrogens (primary N) is 1. The number of nitrogens with zero attached hydrogens (tertiary/aromatic N) is 1. The summed E-state index contributed by atoms with van der Waals surface area (Å²) < 4.78 is 0. The van der Waals surface area contributed by atoms with Crippen molar-refractivity contribution in [1.29, 1.82) is 0 Å². The summed E-state index contributed by atoms with van der Waals surface area (Å²) in [6.45, 7) is 4.04. The van der Waals surface area contributed by atoms with Crippen LogP contribution in [0, 0.1) is 5.92 Å². The molecule has 2 amide bonds. The maximum atomic E-state index is 13.0. The number of aliphatic hydroxyl groups is 1. The highest BCUT2D eigenvalue weighted by molar-refractivity contribution is 5.91. The van der Waals surface area contributed by atoms with Crippen LogP contribution >= 0.6 is 0 Å². The first-order chi connectivity index (χ1) is 17.7. The molecule has 1 aromatic heterocycles. The number of amides is 2. The monoisotopic (exact) mass is 509 g/mol. The number of imidazole rings is 1. The fraction of sp³-hybridized carbons (Fsp3) is 0.407. The maximum Gasteiger partial charge on any atom is 0.334 e. The molecule has 0 radical (unpaired) electrons. The van der Waals surface area contributed by atoms with Crippen molar-refractivity contribution >= 4 is 28.6 Å². The van der Waals surface area contributed by atoms with Crippen LogP contribution in [0.4, 0.5) is 0 Å². The zero-order chi connectivity index (χ0) is 26.8. The molecular formula is C27H35N5O5. The van der Waals surface area contributed by atoms with Crippen molar-refractivity contribution in [1.82, 2.24) is 20.8 Å². The molecule has 0 fully saturated rings. The molecule has 198 valence electrons. The molecule has 0 aliphatic carbocycles. The number of carbonyl (C=O) groups is 3. The number of fused-ring (bicyclic) bond motifs is 1. The highest BCUT2D eigenvalue weighted by atomic mass is 16.7. The summed E-state index contributed by atoms with van der Waals surface area (Å²) in [5.41, 5.74) is 9.82. The van der Waals surface area contributed by atoms with Crippen LogP contribution in [0.1, 0.15) is 44.4 Å². The summed E-state index contributed by atoms with van der Waals surface area (Å²) in [4.78, 5) is 49.5. The van der Waals surface area contributed by atoms with Gasteiger partial charge in [0.25, 0.3) is 5.91 Å². The van der Waals surface area contributed by atoms with Gasteiger partial charge in [0.15, 0.2) is 0 Å². The Hall–Kier alpha value is -3.76. The van der Waals surface area contributed by atoms with E-state index in [0.717, 1.165) is 22.8 Å². The van der Waals surface area contributed by atoms with Crippen molar-refractivity contribution in [2.45, 2.75) is 64.1 Å². The van der Waals surface area contributed by atoms with Crippen molar-refractivity contribution in [3.8, 4) is 0 Å². The third-order valence-corrected chi connectivity index (χ3v) is 6.01. The minimum absolute atomic E-state index is 0.0765. The number of aromatic amines is 1. The molecule has 3 aromatic rings. The summed E-state index contributed by atoms with van der Waals surface area (Å²) in [5, 5.41) is 14.7. The molecule has 10 heteroatoms. The first-order valence-corrected chi connectivity index (χ1v) is 12.4. The normalized spacial score (nSPS) is 13.6. The minimum atomic E-state index is -1.08. The zero-order valence-electron chi connectivity index (χ0n) is 21.1. The predicted molar refractivity (Wildman–Crippen MR) is 139 cm³/mol. The molecule has 0 aliphatic heterocycles. The Balaban J connectivity index is 1.60. The van der Waals surface area contributed by atoms with E-state index in [1.54, 1.807) is 0 Å². The zero-order valence-corrected chi connectivity index (χ0v) is 21.1. The highest BCUT2D eigenvalue weighted by Crippen LogP contribution is 2.19. The number of nitrogens with one attached hydrogen (secondary N) is 3. The lowest BCUT2D eigenvalue weighted by Crippen LogP contribution is -2.53. The Morgan fingerprint density at radius 2 is 1.81 bits per heavy atom. The number of benzene rings is 2. The molecule has 3 rings (SSSR count). The summed E-state index contributed by atoms with van der Waals surface area (Å²) >= 11 is 0. The molecule has 0 aliphatic rings. The van der Waals surface area contributed by atoms with Crippen molar-refractivity contribution in [3.63, 3.8) is 0 Å². The molecule has 1 unspecified atom stereocenters. The van der Waals surface area contributed by atoms with Gasteiger partial charge < -0.3 is 26.0 Å². The van der Waals surface area contributed by atoms with Crippen LogP contribution in [0.15, 0.2) is 55.0 Å². The summed E-state index contributed by atoms with van der Waals surface area (Å²) in [6, 6.07) is 11.6. The van der Waals surface area contributed by atoms with E-state index in [4.69, 9.17) is 10.6 Å². The van der Waals surface area contributed by atoms with E-state index in [1.807, 2.05) is 56.3 Å². The third kappa shape index (κ3) is 8.69. The first-order valence-electron chi connectivity index (χ1n) is 12.4. The standard InChI is InChI=1S/C27H35N5O5/c1-17(2)10-11-21(33)14-25(34)37-32-27(36)24(13-20-15-29-16-30-20)31-26(35)23(28)12-19-8-5-7-18-6-3-4-9-22(18)19/h3-9,15-17,21,23-24,33H,10-14,28H2,1-2H3,(H,29,30)(H,31,35)(H,32,36)/t21-,23+,24?/m0/s1. The smallest absolute Gasteiger partial charge is 0.334 e. The second-order valence-electron chi connectivity index (χ2n) is 9.56. The second-order valence-corrected chi connectivity index (χ2v) is 9.56. The van der Waals surface area contributed by atoms with Crippen LogP contribution in [0.5, 0.6) is 0 Å². The van der Waals surface area contributed by atoms with Gasteiger partial charge in [-0.05, 0) is 41.5 Å². The SMILES string of the molecule is CC(C)CC[C@H](O)CC(=O)ONC(=O)C(Cc1cnc[nH]1)NC(=O)[C@H](N)Cc1cccc2ccccc12. The molecule has 0 spiro atoms. The summed E-state index contributed by atoms with van der Waals surface area (Å²) in [5.74, 6) is -1.64. The van der Waals surface area contributed by atoms with Crippen molar-refractivity contribution < 1.29 is 24.3 Å². The van der Waals surface area contributed by atoms with E-state index in [1.165, 1.54) is 12.5 Å². The fourth-order valence-corrected chi connectivity index (χ4v) is 3.94. The molecule has 3 atom stereocenters. The molecule has 6 N–H and O–H groups in total. The van der Waals surface area contributed by atoms with E-state index in [0.29, 0.717) is 18.0 Å². The lowest BCUT2D eigenvalue weighted by Gasteiger charge is -2.20. The Bertz CT molecular complexity index is 1180. The van der Waals surface area contributed by atoms with Gasteiger partial charge in [0.05, 0.1) is 24.9 Å². The van der Waals surface area contributed by atoms with E-state index < -0.39 is 36.0 Å². The molecule has 37 heavy (non-hydrogen) atoms. The Labute approximate surface area is 215 Å². The first kappa shape index (κ1) is 27.8. The van der Waals surface area contributed by atoms with Crippen LogP contribution in [-0.2, 0) is 32.1 Å². The quantitative estimate of drug-likeness (QED) is 0.233. The largest absolute Gasteiger partial charge is 0.393 e. The molecule has 0 saturated heterocycles. The van der Waals surface area contributed by atoms with Crippen molar-refractivity contribution in [3.05, 3.63) is 66.2 Å². The summed E-state index contributed by atoms with van der Waals surface area (Å²) in [6.07, 6.45) is 3.43. The van der Waals surface area contributed by atoms with Gasteiger partial charge in [-0.3, -0.25) is 9.59 Å². The van der Waals surface area contributed by atoms with Gasteiger partial charge in [0, 0.05) is 18.3 Å². The third-order valence-electron chi connectivity index (χ3n) is 6.01. The van der Waals surface area contributed by atoms with Crippen molar-refractivity contribution in [2.75, 3.05) is 0 Å². The van der Waals surface area contributed by atoms with Gasteiger partial charge in [0.1, 0.15) is 6.04 Å². The lowest BCUT2D eigenvalue weighted by atomic mass is 9.98. The lowest BCUT2D eigenvalue weighted by molar-refractivity contribution is -0.161. The van der Waals surface area contributed by atoms with Gasteiger partial charge in [-0.1, -0.05) is 56.3 Å². The minimum Gasteiger partial charge on any atom is -0.393 e. The topological polar surface area (TPSA) is 159 Å². The predicted octanol–water partition coefficient (Wildman–Crippen LogP) is 1.92. The van der Waals surface area contributed by atoms with Crippen LogP contribution in [0.25, 0.3) is 10.8 Å². The van der Waals surface area contributed by atoms with E-state index in [-0.39, 0.29) is 19.3 Å². The number of aromatic nitrogens is 2. The highest BCUT2D eigenvalue weighted by Gasteiger charge is 2.26.